The Morgan fingerprint density at radius 3 is 2.76 bits per heavy atom. The maximum absolute atomic E-state index is 12.6. The number of aromatic carboxylic acids is 1. The quantitative estimate of drug-likeness (QED) is 0.447. The van der Waals surface area contributed by atoms with Crippen molar-refractivity contribution < 1.29 is 19.4 Å². The fourth-order valence-corrected chi connectivity index (χ4v) is 2.40. The number of benzene rings is 1. The SMILES string of the molecule is C=CCCOCC(=O)N(CCCC)c1cc(CCN)ccc1C(=O)O. The number of carboxylic acid groups (broad SMARTS) is 1. The monoisotopic (exact) mass is 348 g/mol. The van der Waals surface area contributed by atoms with Gasteiger partial charge in [-0.3, -0.25) is 4.79 Å². The van der Waals surface area contributed by atoms with Crippen LogP contribution < -0.4 is 10.6 Å². The summed E-state index contributed by atoms with van der Waals surface area (Å²) in [6.45, 7) is 6.86. The molecule has 0 saturated heterocycles. The lowest BCUT2D eigenvalue weighted by Gasteiger charge is -2.25. The standard InChI is InChI=1S/C19H28N2O4/c1-3-5-11-21(18(22)14-25-12-6-4-2)17-13-15(9-10-20)7-8-16(17)19(23)24/h4,7-8,13H,2-3,5-6,9-12,14,20H2,1H3,(H,23,24). The van der Waals surface area contributed by atoms with E-state index in [1.54, 1.807) is 18.2 Å². The van der Waals surface area contributed by atoms with Crippen molar-refractivity contribution >= 4 is 17.6 Å². The van der Waals surface area contributed by atoms with Gasteiger partial charge in [0.15, 0.2) is 0 Å². The molecule has 0 unspecified atom stereocenters. The molecule has 1 amide bonds. The Morgan fingerprint density at radius 2 is 2.16 bits per heavy atom. The molecule has 1 aromatic rings. The van der Waals surface area contributed by atoms with Gasteiger partial charge >= 0.3 is 5.97 Å². The van der Waals surface area contributed by atoms with E-state index in [0.717, 1.165) is 18.4 Å². The minimum atomic E-state index is -1.06. The lowest BCUT2D eigenvalue weighted by molar-refractivity contribution is -0.123. The molecular weight excluding hydrogens is 320 g/mol. The number of carboxylic acids is 1. The molecule has 0 fully saturated rings. The molecule has 0 spiro atoms. The van der Waals surface area contributed by atoms with E-state index in [-0.39, 0.29) is 18.1 Å². The van der Waals surface area contributed by atoms with Crippen molar-refractivity contribution in [2.75, 3.05) is 31.2 Å². The zero-order valence-electron chi connectivity index (χ0n) is 14.9. The highest BCUT2D eigenvalue weighted by Crippen LogP contribution is 2.24. The van der Waals surface area contributed by atoms with Gasteiger partial charge in [-0.2, -0.15) is 0 Å². The molecule has 0 aliphatic rings. The lowest BCUT2D eigenvalue weighted by atomic mass is 10.0. The summed E-state index contributed by atoms with van der Waals surface area (Å²) in [6, 6.07) is 5.02. The van der Waals surface area contributed by atoms with Gasteiger partial charge in [-0.1, -0.05) is 25.5 Å². The van der Waals surface area contributed by atoms with Gasteiger partial charge in [0.1, 0.15) is 6.61 Å². The summed E-state index contributed by atoms with van der Waals surface area (Å²) in [5.74, 6) is -1.30. The van der Waals surface area contributed by atoms with Crippen LogP contribution in [0.3, 0.4) is 0 Å². The summed E-state index contributed by atoms with van der Waals surface area (Å²) < 4.78 is 5.37. The topological polar surface area (TPSA) is 92.9 Å². The lowest BCUT2D eigenvalue weighted by Crippen LogP contribution is -2.36. The molecule has 0 atom stereocenters. The number of carbonyl (C=O) groups excluding carboxylic acids is 1. The van der Waals surface area contributed by atoms with E-state index in [1.165, 1.54) is 11.0 Å². The predicted octanol–water partition coefficient (Wildman–Crippen LogP) is 2.61. The Hall–Kier alpha value is -2.18. The van der Waals surface area contributed by atoms with Crippen LogP contribution in [0.15, 0.2) is 30.9 Å². The third-order valence-corrected chi connectivity index (χ3v) is 3.74. The zero-order chi connectivity index (χ0) is 18.7. The smallest absolute Gasteiger partial charge is 0.337 e. The fraction of sp³-hybridized carbons (Fsp3) is 0.474. The molecule has 0 aliphatic heterocycles. The minimum Gasteiger partial charge on any atom is -0.478 e. The van der Waals surface area contributed by atoms with Crippen molar-refractivity contribution in [3.8, 4) is 0 Å². The van der Waals surface area contributed by atoms with Crippen LogP contribution in [-0.4, -0.2) is 43.3 Å². The highest BCUT2D eigenvalue weighted by atomic mass is 16.5. The van der Waals surface area contributed by atoms with Crippen molar-refractivity contribution in [2.24, 2.45) is 5.73 Å². The molecule has 138 valence electrons. The van der Waals surface area contributed by atoms with Gasteiger partial charge in [0.05, 0.1) is 17.9 Å². The second-order valence-electron chi connectivity index (χ2n) is 5.72. The van der Waals surface area contributed by atoms with Crippen molar-refractivity contribution in [1.29, 1.82) is 0 Å². The number of nitrogens with zero attached hydrogens (tertiary/aromatic N) is 1. The second kappa shape index (κ2) is 11.4. The molecule has 6 heteroatoms. The van der Waals surface area contributed by atoms with Gasteiger partial charge < -0.3 is 20.5 Å². The van der Waals surface area contributed by atoms with Crippen LogP contribution in [0.4, 0.5) is 5.69 Å². The summed E-state index contributed by atoms with van der Waals surface area (Å²) in [6.07, 6.45) is 4.68. The van der Waals surface area contributed by atoms with E-state index in [9.17, 15) is 14.7 Å². The van der Waals surface area contributed by atoms with E-state index >= 15 is 0 Å². The van der Waals surface area contributed by atoms with Gasteiger partial charge in [-0.15, -0.1) is 6.58 Å². The molecule has 25 heavy (non-hydrogen) atoms. The van der Waals surface area contributed by atoms with E-state index in [0.29, 0.717) is 38.2 Å². The molecule has 0 saturated carbocycles. The average Bonchev–Trinajstić information content (AvgIpc) is 2.59. The first-order chi connectivity index (χ1) is 12.0. The van der Waals surface area contributed by atoms with Crippen molar-refractivity contribution in [2.45, 2.75) is 32.6 Å². The van der Waals surface area contributed by atoms with Crippen molar-refractivity contribution in [1.82, 2.24) is 0 Å². The molecule has 6 nitrogen and oxygen atoms in total. The average molecular weight is 348 g/mol. The number of carbonyl (C=O) groups is 2. The van der Waals surface area contributed by atoms with Gasteiger partial charge in [-0.05, 0) is 43.5 Å². The summed E-state index contributed by atoms with van der Waals surface area (Å²) in [5, 5.41) is 9.48. The van der Waals surface area contributed by atoms with Crippen LogP contribution >= 0.6 is 0 Å². The van der Waals surface area contributed by atoms with Crippen LogP contribution in [0.25, 0.3) is 0 Å². The number of amides is 1. The van der Waals surface area contributed by atoms with E-state index < -0.39 is 5.97 Å². The number of unbranched alkanes of at least 4 members (excludes halogenated alkanes) is 1. The van der Waals surface area contributed by atoms with Crippen LogP contribution in [-0.2, 0) is 16.0 Å². The van der Waals surface area contributed by atoms with Gasteiger partial charge in [0, 0.05) is 6.54 Å². The highest BCUT2D eigenvalue weighted by molar-refractivity contribution is 6.02. The highest BCUT2D eigenvalue weighted by Gasteiger charge is 2.22. The Bertz CT molecular complexity index is 587. The van der Waals surface area contributed by atoms with E-state index in [4.69, 9.17) is 10.5 Å². The van der Waals surface area contributed by atoms with Crippen LogP contribution in [0, 0.1) is 0 Å². The van der Waals surface area contributed by atoms with Gasteiger partial charge in [0.2, 0.25) is 0 Å². The van der Waals surface area contributed by atoms with Gasteiger partial charge in [-0.25, -0.2) is 4.79 Å². The first-order valence-corrected chi connectivity index (χ1v) is 8.60. The third kappa shape index (κ3) is 6.68. The molecule has 0 aromatic heterocycles. The van der Waals surface area contributed by atoms with Gasteiger partial charge in [0.25, 0.3) is 5.91 Å². The normalized spacial score (nSPS) is 10.5. The predicted molar refractivity (Wildman–Crippen MR) is 99.1 cm³/mol. The summed E-state index contributed by atoms with van der Waals surface area (Å²) in [7, 11) is 0. The van der Waals surface area contributed by atoms with E-state index in [1.807, 2.05) is 6.92 Å². The van der Waals surface area contributed by atoms with Crippen LogP contribution in [0.1, 0.15) is 42.1 Å². The maximum atomic E-state index is 12.6. The van der Waals surface area contributed by atoms with E-state index in [2.05, 4.69) is 6.58 Å². The number of rotatable bonds is 12. The summed E-state index contributed by atoms with van der Waals surface area (Å²) in [4.78, 5) is 25.7. The summed E-state index contributed by atoms with van der Waals surface area (Å²) >= 11 is 0. The molecule has 0 radical (unpaired) electrons. The zero-order valence-corrected chi connectivity index (χ0v) is 14.9. The number of hydrogen-bond acceptors (Lipinski definition) is 4. The second-order valence-corrected chi connectivity index (χ2v) is 5.72. The Morgan fingerprint density at radius 1 is 1.40 bits per heavy atom. The molecule has 0 aliphatic carbocycles. The van der Waals surface area contributed by atoms with Crippen molar-refractivity contribution in [3.63, 3.8) is 0 Å². The Labute approximate surface area is 149 Å². The number of hydrogen-bond donors (Lipinski definition) is 2. The van der Waals surface area contributed by atoms with Crippen molar-refractivity contribution in [3.05, 3.63) is 42.0 Å². The van der Waals surface area contributed by atoms with Crippen LogP contribution in [0.5, 0.6) is 0 Å². The first kappa shape index (κ1) is 20.9. The first-order valence-electron chi connectivity index (χ1n) is 8.60. The molecule has 1 aromatic carbocycles. The van der Waals surface area contributed by atoms with Crippen LogP contribution in [0.2, 0.25) is 0 Å². The third-order valence-electron chi connectivity index (χ3n) is 3.74. The largest absolute Gasteiger partial charge is 0.478 e. The molecular formula is C19H28N2O4. The maximum Gasteiger partial charge on any atom is 0.337 e. The Balaban J connectivity index is 3.10. The fourth-order valence-electron chi connectivity index (χ4n) is 2.40. The number of anilines is 1. The Kier molecular flexibility index (Phi) is 9.50. The molecule has 1 rings (SSSR count). The molecule has 0 bridgehead atoms. The molecule has 0 heterocycles. The summed E-state index contributed by atoms with van der Waals surface area (Å²) in [5.41, 5.74) is 7.02. The molecule has 3 N–H and O–H groups in total. The number of nitrogens with two attached hydrogens (primary N) is 1. The number of ether oxygens (including phenoxy) is 1. The minimum absolute atomic E-state index is 0.0856.